The molecule has 0 aromatic rings. The lowest BCUT2D eigenvalue weighted by molar-refractivity contribution is 0.240. The normalized spacial score (nSPS) is 43.4. The van der Waals surface area contributed by atoms with E-state index in [4.69, 9.17) is 0 Å². The van der Waals surface area contributed by atoms with Gasteiger partial charge in [0.1, 0.15) is 0 Å². The summed E-state index contributed by atoms with van der Waals surface area (Å²) in [5.74, 6) is 1.91. The Hall–Kier alpha value is -0.0400. The first-order valence-corrected chi connectivity index (χ1v) is 5.01. The van der Waals surface area contributed by atoms with Gasteiger partial charge >= 0.3 is 0 Å². The summed E-state index contributed by atoms with van der Waals surface area (Å²) in [5, 5.41) is 3.68. The highest BCUT2D eigenvalue weighted by Crippen LogP contribution is 2.34. The topological polar surface area (TPSA) is 12.0 Å². The summed E-state index contributed by atoms with van der Waals surface area (Å²) in [6.45, 7) is 4.74. The van der Waals surface area contributed by atoms with Crippen molar-refractivity contribution in [3.05, 3.63) is 0 Å². The zero-order valence-corrected chi connectivity index (χ0v) is 7.64. The number of hydrogen-bond acceptors (Lipinski definition) is 1. The molecular formula is C10H19N. The molecule has 0 amide bonds. The minimum absolute atomic E-state index is 0.876. The first-order valence-electron chi connectivity index (χ1n) is 5.01. The summed E-state index contributed by atoms with van der Waals surface area (Å²) < 4.78 is 0. The summed E-state index contributed by atoms with van der Waals surface area (Å²) in [6.07, 6.45) is 5.75. The second kappa shape index (κ2) is 2.78. The van der Waals surface area contributed by atoms with Gasteiger partial charge in [-0.15, -0.1) is 0 Å². The maximum absolute atomic E-state index is 3.68. The summed E-state index contributed by atoms with van der Waals surface area (Å²) in [4.78, 5) is 0. The fourth-order valence-electron chi connectivity index (χ4n) is 2.65. The Morgan fingerprint density at radius 1 is 1.09 bits per heavy atom. The molecule has 2 bridgehead atoms. The largest absolute Gasteiger partial charge is 0.311 e. The van der Waals surface area contributed by atoms with Crippen molar-refractivity contribution in [3.63, 3.8) is 0 Å². The van der Waals surface area contributed by atoms with Gasteiger partial charge in [-0.25, -0.2) is 0 Å². The molecule has 11 heavy (non-hydrogen) atoms. The standard InChI is InChI=1S/C10H19N/c1-7(2)8-5-9-3-4-10(6-8)11-9/h7-11H,3-6H2,1-2H3. The first-order chi connectivity index (χ1) is 5.25. The Bertz CT molecular complexity index is 130. The van der Waals surface area contributed by atoms with E-state index in [0.717, 1.165) is 23.9 Å². The van der Waals surface area contributed by atoms with Gasteiger partial charge in [0.05, 0.1) is 0 Å². The molecule has 2 aliphatic rings. The van der Waals surface area contributed by atoms with Crippen molar-refractivity contribution in [2.45, 2.75) is 51.6 Å². The molecule has 0 saturated carbocycles. The van der Waals surface area contributed by atoms with E-state index in [-0.39, 0.29) is 0 Å². The lowest BCUT2D eigenvalue weighted by Gasteiger charge is -2.31. The Kier molecular flexibility index (Phi) is 1.92. The Morgan fingerprint density at radius 3 is 2.09 bits per heavy atom. The van der Waals surface area contributed by atoms with Crippen LogP contribution in [0.2, 0.25) is 0 Å². The SMILES string of the molecule is CC(C)C1CC2CCC(C1)N2. The third-order valence-electron chi connectivity index (χ3n) is 3.45. The highest BCUT2D eigenvalue weighted by atomic mass is 15.0. The zero-order chi connectivity index (χ0) is 7.84. The van der Waals surface area contributed by atoms with E-state index in [1.807, 2.05) is 0 Å². The van der Waals surface area contributed by atoms with Crippen LogP contribution in [0, 0.1) is 11.8 Å². The predicted molar refractivity (Wildman–Crippen MR) is 47.5 cm³/mol. The molecule has 2 heterocycles. The second-order valence-electron chi connectivity index (χ2n) is 4.61. The van der Waals surface area contributed by atoms with Gasteiger partial charge in [-0.1, -0.05) is 13.8 Å². The molecule has 2 aliphatic heterocycles. The number of piperidine rings is 1. The molecule has 0 aliphatic carbocycles. The molecule has 1 N–H and O–H groups in total. The summed E-state index contributed by atoms with van der Waals surface area (Å²) >= 11 is 0. The van der Waals surface area contributed by atoms with Crippen molar-refractivity contribution in [2.24, 2.45) is 11.8 Å². The van der Waals surface area contributed by atoms with Crippen LogP contribution in [0.25, 0.3) is 0 Å². The van der Waals surface area contributed by atoms with Gasteiger partial charge in [-0.05, 0) is 37.5 Å². The molecule has 0 aromatic carbocycles. The van der Waals surface area contributed by atoms with Gasteiger partial charge in [0.25, 0.3) is 0 Å². The van der Waals surface area contributed by atoms with Crippen molar-refractivity contribution in [2.75, 3.05) is 0 Å². The van der Waals surface area contributed by atoms with Crippen molar-refractivity contribution < 1.29 is 0 Å². The molecule has 1 heteroatoms. The van der Waals surface area contributed by atoms with Crippen LogP contribution in [0.3, 0.4) is 0 Å². The van der Waals surface area contributed by atoms with Crippen LogP contribution >= 0.6 is 0 Å². The molecule has 2 atom stereocenters. The second-order valence-corrected chi connectivity index (χ2v) is 4.61. The smallest absolute Gasteiger partial charge is 0.00729 e. The highest BCUT2D eigenvalue weighted by molar-refractivity contribution is 4.92. The average molecular weight is 153 g/mol. The van der Waals surface area contributed by atoms with E-state index < -0.39 is 0 Å². The first kappa shape index (κ1) is 7.60. The third-order valence-corrected chi connectivity index (χ3v) is 3.45. The van der Waals surface area contributed by atoms with Crippen LogP contribution in [0.1, 0.15) is 39.5 Å². The lowest BCUT2D eigenvalue weighted by atomic mass is 9.84. The summed E-state index contributed by atoms with van der Waals surface area (Å²) in [7, 11) is 0. The molecule has 2 rings (SSSR count). The fraction of sp³-hybridized carbons (Fsp3) is 1.00. The van der Waals surface area contributed by atoms with Gasteiger partial charge in [0.15, 0.2) is 0 Å². The van der Waals surface area contributed by atoms with E-state index in [1.54, 1.807) is 0 Å². The average Bonchev–Trinajstić information content (AvgIpc) is 2.30. The zero-order valence-electron chi connectivity index (χ0n) is 7.64. The number of hydrogen-bond donors (Lipinski definition) is 1. The van der Waals surface area contributed by atoms with Crippen LogP contribution in [-0.2, 0) is 0 Å². The van der Waals surface area contributed by atoms with Crippen molar-refractivity contribution in [1.29, 1.82) is 0 Å². The van der Waals surface area contributed by atoms with E-state index >= 15 is 0 Å². The molecular weight excluding hydrogens is 134 g/mol. The van der Waals surface area contributed by atoms with E-state index in [1.165, 1.54) is 25.7 Å². The van der Waals surface area contributed by atoms with Crippen molar-refractivity contribution in [3.8, 4) is 0 Å². The fourth-order valence-corrected chi connectivity index (χ4v) is 2.65. The van der Waals surface area contributed by atoms with E-state index in [9.17, 15) is 0 Å². The number of fused-ring (bicyclic) bond motifs is 2. The van der Waals surface area contributed by atoms with Gasteiger partial charge < -0.3 is 5.32 Å². The van der Waals surface area contributed by atoms with Crippen LogP contribution in [0.15, 0.2) is 0 Å². The molecule has 2 fully saturated rings. The quantitative estimate of drug-likeness (QED) is 0.609. The minimum atomic E-state index is 0.876. The summed E-state index contributed by atoms with van der Waals surface area (Å²) in [5.41, 5.74) is 0. The highest BCUT2D eigenvalue weighted by Gasteiger charge is 2.34. The van der Waals surface area contributed by atoms with Crippen LogP contribution < -0.4 is 5.32 Å². The molecule has 1 nitrogen and oxygen atoms in total. The molecule has 0 spiro atoms. The van der Waals surface area contributed by atoms with Gasteiger partial charge in [-0.2, -0.15) is 0 Å². The maximum Gasteiger partial charge on any atom is 0.00729 e. The Balaban J connectivity index is 1.97. The van der Waals surface area contributed by atoms with Crippen LogP contribution in [-0.4, -0.2) is 12.1 Å². The molecule has 0 aromatic heterocycles. The number of rotatable bonds is 1. The molecule has 64 valence electrons. The van der Waals surface area contributed by atoms with E-state index in [0.29, 0.717) is 0 Å². The Morgan fingerprint density at radius 2 is 1.64 bits per heavy atom. The third kappa shape index (κ3) is 1.44. The molecule has 2 saturated heterocycles. The Labute approximate surface area is 69.6 Å². The molecule has 0 radical (unpaired) electrons. The lowest BCUT2D eigenvalue weighted by Crippen LogP contribution is -2.39. The number of nitrogens with one attached hydrogen (secondary N) is 1. The summed E-state index contributed by atoms with van der Waals surface area (Å²) in [6, 6.07) is 1.75. The van der Waals surface area contributed by atoms with E-state index in [2.05, 4.69) is 19.2 Å². The van der Waals surface area contributed by atoms with Crippen molar-refractivity contribution in [1.82, 2.24) is 5.32 Å². The van der Waals surface area contributed by atoms with Gasteiger partial charge in [-0.3, -0.25) is 0 Å². The van der Waals surface area contributed by atoms with Crippen molar-refractivity contribution >= 4 is 0 Å². The monoisotopic (exact) mass is 153 g/mol. The van der Waals surface area contributed by atoms with Gasteiger partial charge in [0, 0.05) is 12.1 Å². The molecule has 2 unspecified atom stereocenters. The predicted octanol–water partition coefficient (Wildman–Crippen LogP) is 2.17. The maximum atomic E-state index is 3.68. The van der Waals surface area contributed by atoms with Crippen LogP contribution in [0.4, 0.5) is 0 Å². The van der Waals surface area contributed by atoms with Gasteiger partial charge in [0.2, 0.25) is 0 Å². The van der Waals surface area contributed by atoms with Crippen LogP contribution in [0.5, 0.6) is 0 Å². The minimum Gasteiger partial charge on any atom is -0.311 e.